The van der Waals surface area contributed by atoms with Crippen LogP contribution in [0.1, 0.15) is 37.3 Å². The van der Waals surface area contributed by atoms with Gasteiger partial charge in [0.1, 0.15) is 0 Å². The topological polar surface area (TPSA) is 29.1 Å². The minimum absolute atomic E-state index is 0.134. The van der Waals surface area contributed by atoms with E-state index in [-0.39, 0.29) is 5.91 Å². The van der Waals surface area contributed by atoms with Crippen LogP contribution in [0.5, 0.6) is 0 Å². The van der Waals surface area contributed by atoms with Crippen molar-refractivity contribution >= 4 is 12.0 Å². The lowest BCUT2D eigenvalue weighted by Gasteiger charge is -2.05. The third kappa shape index (κ3) is 4.30. The molecule has 16 heavy (non-hydrogen) atoms. The first-order valence-electron chi connectivity index (χ1n) is 5.74. The molecule has 1 N–H and O–H groups in total. The van der Waals surface area contributed by atoms with Crippen molar-refractivity contribution in [3.63, 3.8) is 0 Å². The molecule has 1 rings (SSSR count). The maximum Gasteiger partial charge on any atom is 0.220 e. The lowest BCUT2D eigenvalue weighted by molar-refractivity contribution is -0.121. The van der Waals surface area contributed by atoms with Crippen LogP contribution in [0.15, 0.2) is 30.8 Å². The molecule has 1 aromatic rings. The van der Waals surface area contributed by atoms with Gasteiger partial charge >= 0.3 is 0 Å². The molecule has 0 saturated heterocycles. The van der Waals surface area contributed by atoms with Crippen LogP contribution >= 0.6 is 0 Å². The van der Waals surface area contributed by atoms with Crippen LogP contribution < -0.4 is 5.32 Å². The number of unbranched alkanes of at least 4 members (excludes halogenated alkanes) is 1. The average Bonchev–Trinajstić information content (AvgIpc) is 2.34. The number of carbonyl (C=O) groups is 1. The van der Waals surface area contributed by atoms with Gasteiger partial charge in [-0.05, 0) is 17.5 Å². The normalized spacial score (nSPS) is 9.81. The molecule has 0 aliphatic heterocycles. The predicted molar refractivity (Wildman–Crippen MR) is 67.9 cm³/mol. The van der Waals surface area contributed by atoms with Crippen molar-refractivity contribution in [2.24, 2.45) is 0 Å². The number of hydrogen-bond acceptors (Lipinski definition) is 1. The molecular weight excluding hydrogens is 198 g/mol. The highest BCUT2D eigenvalue weighted by Gasteiger charge is 1.99. The van der Waals surface area contributed by atoms with Crippen molar-refractivity contribution in [2.45, 2.75) is 32.7 Å². The van der Waals surface area contributed by atoms with E-state index in [1.54, 1.807) is 0 Å². The predicted octanol–water partition coefficient (Wildman–Crippen LogP) is 3.14. The van der Waals surface area contributed by atoms with Gasteiger partial charge < -0.3 is 5.32 Å². The number of rotatable bonds is 6. The zero-order chi connectivity index (χ0) is 11.8. The Labute approximate surface area is 97.4 Å². The molecule has 1 aromatic carbocycles. The van der Waals surface area contributed by atoms with Crippen molar-refractivity contribution < 1.29 is 4.79 Å². The summed E-state index contributed by atoms with van der Waals surface area (Å²) in [7, 11) is 0. The number of nitrogens with one attached hydrogen (secondary N) is 1. The van der Waals surface area contributed by atoms with E-state index in [9.17, 15) is 4.79 Å². The third-order valence-corrected chi connectivity index (χ3v) is 2.46. The molecule has 0 bridgehead atoms. The highest BCUT2D eigenvalue weighted by atomic mass is 16.1. The summed E-state index contributed by atoms with van der Waals surface area (Å²) < 4.78 is 0. The summed E-state index contributed by atoms with van der Waals surface area (Å²) in [5.74, 6) is 0.134. The summed E-state index contributed by atoms with van der Waals surface area (Å²) >= 11 is 0. The second kappa shape index (κ2) is 6.83. The summed E-state index contributed by atoms with van der Waals surface area (Å²) in [5.41, 5.74) is 2.22. The molecule has 0 aliphatic carbocycles. The highest BCUT2D eigenvalue weighted by Crippen LogP contribution is 2.05. The van der Waals surface area contributed by atoms with Crippen LogP contribution in [0.2, 0.25) is 0 Å². The van der Waals surface area contributed by atoms with E-state index >= 15 is 0 Å². The molecule has 2 heteroatoms. The molecule has 0 heterocycles. The molecule has 0 atom stereocenters. The molecule has 0 unspecified atom stereocenters. The van der Waals surface area contributed by atoms with Gasteiger partial charge in [-0.25, -0.2) is 0 Å². The van der Waals surface area contributed by atoms with Gasteiger partial charge in [-0.15, -0.1) is 0 Å². The number of carbonyl (C=O) groups excluding carboxylic acids is 1. The minimum Gasteiger partial charge on any atom is -0.352 e. The standard InChI is InChI=1S/C14H19NO/c1-3-5-6-14(16)15-11-13-9-7-12(4-2)8-10-13/h4,7-10H,2-3,5-6,11H2,1H3,(H,15,16). The number of hydrogen-bond donors (Lipinski definition) is 1. The van der Waals surface area contributed by atoms with Crippen molar-refractivity contribution in [2.75, 3.05) is 0 Å². The van der Waals surface area contributed by atoms with E-state index in [0.29, 0.717) is 13.0 Å². The van der Waals surface area contributed by atoms with E-state index in [4.69, 9.17) is 0 Å². The zero-order valence-corrected chi connectivity index (χ0v) is 9.83. The Bertz CT molecular complexity index is 340. The third-order valence-electron chi connectivity index (χ3n) is 2.46. The molecule has 86 valence electrons. The molecule has 0 radical (unpaired) electrons. The van der Waals surface area contributed by atoms with Crippen molar-refractivity contribution in [1.82, 2.24) is 5.32 Å². The van der Waals surface area contributed by atoms with Gasteiger partial charge in [0.25, 0.3) is 0 Å². The molecule has 0 aliphatic rings. The largest absolute Gasteiger partial charge is 0.352 e. The Kier molecular flexibility index (Phi) is 5.34. The van der Waals surface area contributed by atoms with Crippen LogP contribution in [-0.2, 0) is 11.3 Å². The fourth-order valence-corrected chi connectivity index (χ4v) is 1.40. The SMILES string of the molecule is C=Cc1ccc(CNC(=O)CCCC)cc1. The highest BCUT2D eigenvalue weighted by molar-refractivity contribution is 5.75. The summed E-state index contributed by atoms with van der Waals surface area (Å²) in [6.45, 7) is 6.39. The van der Waals surface area contributed by atoms with E-state index < -0.39 is 0 Å². The average molecular weight is 217 g/mol. The molecule has 0 saturated carbocycles. The quantitative estimate of drug-likeness (QED) is 0.779. The van der Waals surface area contributed by atoms with E-state index in [2.05, 4.69) is 18.8 Å². The monoisotopic (exact) mass is 217 g/mol. The van der Waals surface area contributed by atoms with E-state index in [0.717, 1.165) is 24.0 Å². The van der Waals surface area contributed by atoms with Gasteiger partial charge in [0.2, 0.25) is 5.91 Å². The van der Waals surface area contributed by atoms with Gasteiger partial charge in [0.05, 0.1) is 0 Å². The molecule has 2 nitrogen and oxygen atoms in total. The Balaban J connectivity index is 2.36. The Morgan fingerprint density at radius 2 is 2.06 bits per heavy atom. The van der Waals surface area contributed by atoms with E-state index in [1.165, 1.54) is 0 Å². The van der Waals surface area contributed by atoms with Gasteiger partial charge in [-0.1, -0.05) is 50.3 Å². The van der Waals surface area contributed by atoms with Gasteiger partial charge in [-0.3, -0.25) is 4.79 Å². The second-order valence-electron chi connectivity index (χ2n) is 3.83. The number of amides is 1. The lowest BCUT2D eigenvalue weighted by atomic mass is 10.1. The van der Waals surface area contributed by atoms with Gasteiger partial charge in [0.15, 0.2) is 0 Å². The van der Waals surface area contributed by atoms with Crippen LogP contribution in [0, 0.1) is 0 Å². The maximum absolute atomic E-state index is 11.4. The fourth-order valence-electron chi connectivity index (χ4n) is 1.40. The van der Waals surface area contributed by atoms with Crippen molar-refractivity contribution in [1.29, 1.82) is 0 Å². The fraction of sp³-hybridized carbons (Fsp3) is 0.357. The summed E-state index contributed by atoms with van der Waals surface area (Å²) in [6.07, 6.45) is 4.45. The minimum atomic E-state index is 0.134. The van der Waals surface area contributed by atoms with Crippen LogP contribution in [-0.4, -0.2) is 5.91 Å². The van der Waals surface area contributed by atoms with Crippen LogP contribution in [0.4, 0.5) is 0 Å². The van der Waals surface area contributed by atoms with Crippen LogP contribution in [0.3, 0.4) is 0 Å². The molecule has 0 spiro atoms. The Morgan fingerprint density at radius 1 is 1.38 bits per heavy atom. The first kappa shape index (κ1) is 12.5. The smallest absolute Gasteiger partial charge is 0.220 e. The molecule has 0 aromatic heterocycles. The summed E-state index contributed by atoms with van der Waals surface area (Å²) in [6, 6.07) is 8.02. The van der Waals surface area contributed by atoms with Gasteiger partial charge in [0, 0.05) is 13.0 Å². The maximum atomic E-state index is 11.4. The summed E-state index contributed by atoms with van der Waals surface area (Å²) in [4.78, 5) is 11.4. The van der Waals surface area contributed by atoms with Gasteiger partial charge in [-0.2, -0.15) is 0 Å². The lowest BCUT2D eigenvalue weighted by Crippen LogP contribution is -2.22. The van der Waals surface area contributed by atoms with Crippen molar-refractivity contribution in [3.05, 3.63) is 42.0 Å². The van der Waals surface area contributed by atoms with Crippen molar-refractivity contribution in [3.8, 4) is 0 Å². The Hall–Kier alpha value is -1.57. The molecule has 1 amide bonds. The Morgan fingerprint density at radius 3 is 2.62 bits per heavy atom. The zero-order valence-electron chi connectivity index (χ0n) is 9.83. The first-order valence-corrected chi connectivity index (χ1v) is 5.74. The second-order valence-corrected chi connectivity index (χ2v) is 3.83. The van der Waals surface area contributed by atoms with E-state index in [1.807, 2.05) is 30.3 Å². The number of benzene rings is 1. The first-order chi connectivity index (χ1) is 7.76. The summed E-state index contributed by atoms with van der Waals surface area (Å²) in [5, 5.41) is 2.91. The molecular formula is C14H19NO. The molecule has 0 fully saturated rings. The van der Waals surface area contributed by atoms with Crippen LogP contribution in [0.25, 0.3) is 6.08 Å².